The molecule has 0 fully saturated rings. The fourth-order valence-electron chi connectivity index (χ4n) is 3.19. The number of nitrogens with two attached hydrogens (primary N) is 1. The fourth-order valence-corrected chi connectivity index (χ4v) is 3.19. The van der Waals surface area contributed by atoms with Gasteiger partial charge in [0.25, 0.3) is 11.7 Å². The Morgan fingerprint density at radius 2 is 1.89 bits per heavy atom. The zero-order valence-electron chi connectivity index (χ0n) is 14.5. The van der Waals surface area contributed by atoms with Gasteiger partial charge in [-0.3, -0.25) is 14.5 Å². The lowest BCUT2D eigenvalue weighted by atomic mass is 10.0. The number of halogens is 3. The second kappa shape index (κ2) is 6.90. The highest BCUT2D eigenvalue weighted by molar-refractivity contribution is 6.43. The number of amides is 1. The van der Waals surface area contributed by atoms with E-state index in [1.807, 2.05) is 30.3 Å². The van der Waals surface area contributed by atoms with E-state index in [-0.39, 0.29) is 21.8 Å². The molecule has 27 heavy (non-hydrogen) atoms. The summed E-state index contributed by atoms with van der Waals surface area (Å²) in [6.45, 7) is 1.46. The van der Waals surface area contributed by atoms with Gasteiger partial charge in [-0.15, -0.1) is 0 Å². The molecule has 1 amide bonds. The van der Waals surface area contributed by atoms with Crippen molar-refractivity contribution in [2.24, 2.45) is 10.7 Å². The zero-order valence-corrected chi connectivity index (χ0v) is 14.5. The molecule has 1 aromatic heterocycles. The maximum Gasteiger partial charge on any atom is 0.485 e. The SMILES string of the molecule is CCc1c(C(=O)C(N)=O)c2c(n1Cc1ccccc1)N=CN(C(F)(F)F)C2. The number of Topliss-reactive ketones (excluding diaryl/α,β-unsaturated/α-hetero) is 1. The molecule has 0 radical (unpaired) electrons. The van der Waals surface area contributed by atoms with E-state index in [1.165, 1.54) is 0 Å². The summed E-state index contributed by atoms with van der Waals surface area (Å²) in [7, 11) is 0. The number of fused-ring (bicyclic) bond motifs is 1. The van der Waals surface area contributed by atoms with E-state index in [2.05, 4.69) is 4.99 Å². The summed E-state index contributed by atoms with van der Waals surface area (Å²) in [6.07, 6.45) is -3.63. The van der Waals surface area contributed by atoms with Gasteiger partial charge in [0, 0.05) is 17.8 Å². The van der Waals surface area contributed by atoms with Crippen LogP contribution in [-0.4, -0.2) is 33.8 Å². The van der Waals surface area contributed by atoms with Crippen molar-refractivity contribution in [2.45, 2.75) is 32.7 Å². The normalized spacial score (nSPS) is 13.6. The van der Waals surface area contributed by atoms with Gasteiger partial charge in [-0.1, -0.05) is 37.3 Å². The maximum atomic E-state index is 13.1. The summed E-state index contributed by atoms with van der Waals surface area (Å²) in [6, 6.07) is 9.23. The number of aromatic nitrogens is 1. The van der Waals surface area contributed by atoms with Crippen LogP contribution in [0, 0.1) is 0 Å². The second-order valence-corrected chi connectivity index (χ2v) is 6.08. The molecule has 9 heteroatoms. The lowest BCUT2D eigenvalue weighted by Crippen LogP contribution is -2.38. The summed E-state index contributed by atoms with van der Waals surface area (Å²) < 4.78 is 41.0. The van der Waals surface area contributed by atoms with Gasteiger partial charge in [0.1, 0.15) is 12.2 Å². The van der Waals surface area contributed by atoms with Crippen molar-refractivity contribution in [3.05, 3.63) is 52.7 Å². The Morgan fingerprint density at radius 3 is 2.44 bits per heavy atom. The maximum absolute atomic E-state index is 13.1. The van der Waals surface area contributed by atoms with Gasteiger partial charge in [-0.2, -0.15) is 13.2 Å². The average Bonchev–Trinajstić information content (AvgIpc) is 2.93. The van der Waals surface area contributed by atoms with Gasteiger partial charge < -0.3 is 10.3 Å². The lowest BCUT2D eigenvalue weighted by molar-refractivity contribution is -0.219. The monoisotopic (exact) mass is 378 g/mol. The van der Waals surface area contributed by atoms with E-state index < -0.39 is 24.5 Å². The van der Waals surface area contributed by atoms with Gasteiger partial charge in [0.15, 0.2) is 0 Å². The third-order valence-corrected chi connectivity index (χ3v) is 4.38. The predicted octanol–water partition coefficient (Wildman–Crippen LogP) is 2.76. The van der Waals surface area contributed by atoms with Crippen molar-refractivity contribution in [1.29, 1.82) is 0 Å². The molecule has 2 heterocycles. The van der Waals surface area contributed by atoms with Crippen LogP contribution in [0.4, 0.5) is 19.0 Å². The minimum Gasteiger partial charge on any atom is -0.363 e. The number of alkyl halides is 3. The number of carbonyl (C=O) groups excluding carboxylic acids is 2. The topological polar surface area (TPSA) is 80.7 Å². The van der Waals surface area contributed by atoms with E-state index in [1.54, 1.807) is 11.5 Å². The zero-order chi connectivity index (χ0) is 19.8. The fraction of sp³-hybridized carbons (Fsp3) is 0.278. The molecule has 6 nitrogen and oxygen atoms in total. The molecule has 3 rings (SSSR count). The van der Waals surface area contributed by atoms with Crippen molar-refractivity contribution in [3.8, 4) is 0 Å². The lowest BCUT2D eigenvalue weighted by Gasteiger charge is -2.25. The molecule has 0 saturated carbocycles. The van der Waals surface area contributed by atoms with Crippen LogP contribution in [0.15, 0.2) is 35.3 Å². The highest BCUT2D eigenvalue weighted by atomic mass is 19.4. The number of rotatable bonds is 5. The summed E-state index contributed by atoms with van der Waals surface area (Å²) in [5, 5.41) is 0. The summed E-state index contributed by atoms with van der Waals surface area (Å²) in [4.78, 5) is 27.9. The summed E-state index contributed by atoms with van der Waals surface area (Å²) in [5.74, 6) is -1.98. The third-order valence-electron chi connectivity index (χ3n) is 4.38. The Bertz CT molecular complexity index is 917. The van der Waals surface area contributed by atoms with Crippen LogP contribution in [0.5, 0.6) is 0 Å². The van der Waals surface area contributed by atoms with Crippen LogP contribution in [0.2, 0.25) is 0 Å². The van der Waals surface area contributed by atoms with E-state index in [0.29, 0.717) is 25.0 Å². The predicted molar refractivity (Wildman–Crippen MR) is 92.6 cm³/mol. The molecule has 1 aliphatic heterocycles. The average molecular weight is 378 g/mol. The number of ketones is 1. The van der Waals surface area contributed by atoms with Crippen LogP contribution in [0.3, 0.4) is 0 Å². The van der Waals surface area contributed by atoms with Crippen LogP contribution in [0.1, 0.15) is 34.1 Å². The Hall–Kier alpha value is -3.10. The molecule has 142 valence electrons. The van der Waals surface area contributed by atoms with Crippen molar-refractivity contribution in [3.63, 3.8) is 0 Å². The van der Waals surface area contributed by atoms with Gasteiger partial charge in [0.05, 0.1) is 12.1 Å². The first-order chi connectivity index (χ1) is 12.7. The minimum absolute atomic E-state index is 0.0615. The van der Waals surface area contributed by atoms with Crippen LogP contribution in [-0.2, 0) is 24.3 Å². The highest BCUT2D eigenvalue weighted by Crippen LogP contribution is 2.37. The smallest absolute Gasteiger partial charge is 0.363 e. The number of nitrogens with zero attached hydrogens (tertiary/aromatic N) is 3. The van der Waals surface area contributed by atoms with E-state index in [0.717, 1.165) is 5.56 Å². The number of hydrogen-bond acceptors (Lipinski definition) is 4. The van der Waals surface area contributed by atoms with Crippen LogP contribution in [0.25, 0.3) is 0 Å². The molecule has 2 aromatic rings. The Labute approximate surface area is 153 Å². The number of benzene rings is 1. The van der Waals surface area contributed by atoms with Crippen LogP contribution < -0.4 is 5.73 Å². The Kier molecular flexibility index (Phi) is 4.77. The molecule has 0 atom stereocenters. The first kappa shape index (κ1) is 18.7. The molecule has 0 bridgehead atoms. The van der Waals surface area contributed by atoms with E-state index in [4.69, 9.17) is 5.73 Å². The second-order valence-electron chi connectivity index (χ2n) is 6.08. The number of primary amides is 1. The number of aliphatic imine (C=N–C) groups is 1. The quantitative estimate of drug-likeness (QED) is 0.494. The Morgan fingerprint density at radius 1 is 1.22 bits per heavy atom. The molecular weight excluding hydrogens is 361 g/mol. The molecule has 1 aromatic carbocycles. The molecule has 0 saturated heterocycles. The first-order valence-corrected chi connectivity index (χ1v) is 8.24. The van der Waals surface area contributed by atoms with Crippen molar-refractivity contribution in [2.75, 3.05) is 0 Å². The standard InChI is InChI=1S/C18H17F3N4O2/c1-2-13-14(15(26)16(22)27)12-9-24(18(19,20)21)10-23-17(12)25(13)8-11-6-4-3-5-7-11/h3-7,10H,2,8-9H2,1H3,(H2,22,27). The minimum atomic E-state index is -4.65. The van der Waals surface area contributed by atoms with Crippen LogP contribution >= 0.6 is 0 Å². The first-order valence-electron chi connectivity index (χ1n) is 8.24. The molecule has 1 aliphatic rings. The molecular formula is C18H17F3N4O2. The summed E-state index contributed by atoms with van der Waals surface area (Å²) >= 11 is 0. The number of hydrogen-bond donors (Lipinski definition) is 1. The highest BCUT2D eigenvalue weighted by Gasteiger charge is 2.40. The van der Waals surface area contributed by atoms with E-state index in [9.17, 15) is 22.8 Å². The van der Waals surface area contributed by atoms with Crippen molar-refractivity contribution < 1.29 is 22.8 Å². The van der Waals surface area contributed by atoms with E-state index >= 15 is 0 Å². The molecule has 0 spiro atoms. The van der Waals surface area contributed by atoms with Gasteiger partial charge in [-0.05, 0) is 12.0 Å². The number of carbonyl (C=O) groups is 2. The molecule has 2 N–H and O–H groups in total. The van der Waals surface area contributed by atoms with Gasteiger partial charge >= 0.3 is 6.30 Å². The van der Waals surface area contributed by atoms with Gasteiger partial charge in [0.2, 0.25) is 0 Å². The largest absolute Gasteiger partial charge is 0.485 e. The summed E-state index contributed by atoms with van der Waals surface area (Å²) in [5.41, 5.74) is 6.44. The van der Waals surface area contributed by atoms with Gasteiger partial charge in [-0.25, -0.2) is 4.99 Å². The molecule has 0 unspecified atom stereocenters. The van der Waals surface area contributed by atoms with Crippen molar-refractivity contribution >= 4 is 23.8 Å². The third kappa shape index (κ3) is 3.44. The molecule has 0 aliphatic carbocycles. The Balaban J connectivity index is 2.18. The van der Waals surface area contributed by atoms with Crippen molar-refractivity contribution in [1.82, 2.24) is 9.47 Å².